The number of aromatic amines is 1. The Bertz CT molecular complexity index is 1660. The molecule has 0 saturated heterocycles. The van der Waals surface area contributed by atoms with Gasteiger partial charge >= 0.3 is 51.4 Å². The summed E-state index contributed by atoms with van der Waals surface area (Å²) in [5, 5.41) is 23.8. The molecule has 0 unspecified atom stereocenters. The molecule has 9 nitrogen and oxygen atoms in total. The molecule has 0 saturated carbocycles. The van der Waals surface area contributed by atoms with Gasteiger partial charge in [0.25, 0.3) is 5.56 Å². The second-order valence-corrected chi connectivity index (χ2v) is 9.10. The van der Waals surface area contributed by atoms with Crippen LogP contribution in [0.3, 0.4) is 0 Å². The number of nitrogens with one attached hydrogen (secondary N) is 1. The fraction of sp³-hybridized carbons (Fsp3) is 0.241. The maximum absolute atomic E-state index is 13.7. The number of H-pyrrole nitrogens is 1. The molecule has 2 aromatic carbocycles. The van der Waals surface area contributed by atoms with Crippen molar-refractivity contribution in [1.82, 2.24) is 30.2 Å². The molecule has 0 spiro atoms. The summed E-state index contributed by atoms with van der Waals surface area (Å²) in [6.45, 7) is 4.12. The maximum atomic E-state index is 13.7. The van der Waals surface area contributed by atoms with Crippen molar-refractivity contribution in [3.8, 4) is 28.6 Å². The minimum absolute atomic E-state index is 0. The van der Waals surface area contributed by atoms with Crippen LogP contribution in [0.4, 0.5) is 0 Å². The molecule has 0 aliphatic rings. The molecule has 0 fully saturated rings. The predicted octanol–water partition coefficient (Wildman–Crippen LogP) is 1.96. The van der Waals surface area contributed by atoms with Crippen LogP contribution < -0.4 is 56.9 Å². The number of furan rings is 1. The standard InChI is InChI=1S/C29H27N7O2.K.H/c1-3-4-9-26-25(29(37)36(19(2)31-26)18-27-22(17-30)14-15-38-27)16-20-10-12-21(13-11-20)23-7-5-6-8-24(23)28-32-34-35-33-28;;/h5-8,10-15H,3-4,9,16,18H2,1-2H3,(H,32,33,34,35);;/q;+1;-1. The number of tetrazole rings is 1. The van der Waals surface area contributed by atoms with Gasteiger partial charge in [-0.05, 0) is 47.7 Å². The summed E-state index contributed by atoms with van der Waals surface area (Å²) in [5.41, 5.74) is 5.73. The van der Waals surface area contributed by atoms with Gasteiger partial charge in [-0.2, -0.15) is 10.5 Å². The quantitative estimate of drug-likeness (QED) is 0.281. The molecule has 1 N–H and O–H groups in total. The number of unbranched alkanes of at least 4 members (excludes halogenated alkanes) is 1. The zero-order valence-electron chi connectivity index (χ0n) is 23.3. The van der Waals surface area contributed by atoms with E-state index in [0.29, 0.717) is 35.0 Å². The number of hydrogen-bond acceptors (Lipinski definition) is 7. The fourth-order valence-electron chi connectivity index (χ4n) is 4.59. The number of aromatic nitrogens is 6. The third-order valence-electron chi connectivity index (χ3n) is 6.63. The first-order valence-corrected chi connectivity index (χ1v) is 12.6. The van der Waals surface area contributed by atoms with Gasteiger partial charge in [0, 0.05) is 17.5 Å². The average Bonchev–Trinajstić information content (AvgIpc) is 3.64. The van der Waals surface area contributed by atoms with Crippen LogP contribution in [0.5, 0.6) is 0 Å². The number of benzene rings is 2. The topological polar surface area (TPSA) is 126 Å². The fourth-order valence-corrected chi connectivity index (χ4v) is 4.59. The van der Waals surface area contributed by atoms with Crippen LogP contribution in [0.2, 0.25) is 0 Å². The molecule has 3 aromatic heterocycles. The first kappa shape index (κ1) is 28.8. The number of nitriles is 1. The van der Waals surface area contributed by atoms with E-state index in [4.69, 9.17) is 9.40 Å². The van der Waals surface area contributed by atoms with Crippen LogP contribution in [0.1, 0.15) is 55.2 Å². The van der Waals surface area contributed by atoms with E-state index in [1.807, 2.05) is 55.5 Å². The first-order chi connectivity index (χ1) is 18.6. The summed E-state index contributed by atoms with van der Waals surface area (Å²) >= 11 is 0. The van der Waals surface area contributed by atoms with E-state index in [9.17, 15) is 10.1 Å². The number of hydrogen-bond donors (Lipinski definition) is 1. The number of aryl methyl sites for hydroxylation is 2. The summed E-state index contributed by atoms with van der Waals surface area (Å²) < 4.78 is 7.09. The van der Waals surface area contributed by atoms with Crippen LogP contribution in [-0.4, -0.2) is 30.2 Å². The third kappa shape index (κ3) is 6.35. The average molecular weight is 546 g/mol. The van der Waals surface area contributed by atoms with Crippen molar-refractivity contribution in [2.45, 2.75) is 46.1 Å². The van der Waals surface area contributed by atoms with Gasteiger partial charge in [0.15, 0.2) is 0 Å². The van der Waals surface area contributed by atoms with E-state index in [2.05, 4.69) is 33.6 Å². The monoisotopic (exact) mass is 545 g/mol. The maximum Gasteiger partial charge on any atom is 1.00 e. The van der Waals surface area contributed by atoms with E-state index in [1.165, 1.54) is 6.26 Å². The molecule has 3 heterocycles. The van der Waals surface area contributed by atoms with E-state index in [1.54, 1.807) is 10.6 Å². The van der Waals surface area contributed by atoms with Gasteiger partial charge in [-0.25, -0.2) is 4.98 Å². The Hall–Kier alpha value is -3.20. The molecule has 0 amide bonds. The second kappa shape index (κ2) is 13.2. The zero-order valence-corrected chi connectivity index (χ0v) is 25.4. The van der Waals surface area contributed by atoms with Crippen LogP contribution in [0, 0.1) is 18.3 Å². The van der Waals surface area contributed by atoms with Gasteiger partial charge in [0.2, 0.25) is 5.82 Å². The van der Waals surface area contributed by atoms with Crippen molar-refractivity contribution in [2.75, 3.05) is 0 Å². The molecule has 39 heavy (non-hydrogen) atoms. The Morgan fingerprint density at radius 3 is 2.56 bits per heavy atom. The first-order valence-electron chi connectivity index (χ1n) is 12.6. The summed E-state index contributed by atoms with van der Waals surface area (Å²) in [5.74, 6) is 1.60. The molecule has 192 valence electrons. The van der Waals surface area contributed by atoms with Crippen molar-refractivity contribution in [3.05, 3.63) is 105 Å². The van der Waals surface area contributed by atoms with Crippen LogP contribution >= 0.6 is 0 Å². The normalized spacial score (nSPS) is 10.7. The van der Waals surface area contributed by atoms with Crippen LogP contribution in [0.15, 0.2) is 70.1 Å². The molecule has 0 aliphatic carbocycles. The largest absolute Gasteiger partial charge is 1.00 e. The van der Waals surface area contributed by atoms with Gasteiger partial charge < -0.3 is 5.84 Å². The second-order valence-electron chi connectivity index (χ2n) is 9.10. The van der Waals surface area contributed by atoms with Crippen molar-refractivity contribution >= 4 is 0 Å². The van der Waals surface area contributed by atoms with E-state index in [0.717, 1.165) is 47.2 Å². The molecule has 5 aromatic rings. The third-order valence-corrected chi connectivity index (χ3v) is 6.63. The minimum atomic E-state index is -0.101. The van der Waals surface area contributed by atoms with Gasteiger partial charge in [-0.1, -0.05) is 61.9 Å². The molecule has 0 bridgehead atoms. The molecule has 10 heteroatoms. The molecular weight excluding hydrogens is 517 g/mol. The Morgan fingerprint density at radius 1 is 1.10 bits per heavy atom. The Balaban J connectivity index is 0.00000220. The van der Waals surface area contributed by atoms with Crippen LogP contribution in [0.25, 0.3) is 22.5 Å². The number of rotatable bonds is 9. The van der Waals surface area contributed by atoms with Gasteiger partial charge in [0.05, 0.1) is 24.1 Å². The van der Waals surface area contributed by atoms with E-state index < -0.39 is 0 Å². The Labute approximate surface area is 270 Å². The van der Waals surface area contributed by atoms with E-state index in [-0.39, 0.29) is 64.9 Å². The summed E-state index contributed by atoms with van der Waals surface area (Å²) in [4.78, 5) is 18.6. The van der Waals surface area contributed by atoms with Gasteiger partial charge in [0.1, 0.15) is 17.7 Å². The minimum Gasteiger partial charge on any atom is -1.00 e. The molecule has 0 radical (unpaired) electrons. The van der Waals surface area contributed by atoms with Crippen molar-refractivity contribution in [2.24, 2.45) is 0 Å². The number of nitrogens with zero attached hydrogens (tertiary/aromatic N) is 6. The van der Waals surface area contributed by atoms with Gasteiger partial charge in [-0.3, -0.25) is 9.36 Å². The molecular formula is C29H28KN7O2. The molecule has 5 rings (SSSR count). The molecule has 0 atom stereocenters. The Kier molecular flexibility index (Phi) is 9.77. The summed E-state index contributed by atoms with van der Waals surface area (Å²) in [6, 6.07) is 19.8. The molecule has 0 aliphatic heterocycles. The van der Waals surface area contributed by atoms with Crippen LogP contribution in [-0.2, 0) is 19.4 Å². The van der Waals surface area contributed by atoms with E-state index >= 15 is 0 Å². The predicted molar refractivity (Wildman–Crippen MR) is 143 cm³/mol. The SMILES string of the molecule is CCCCc1nc(C)n(Cc2occc2C#N)c(=O)c1Cc1ccc(-c2ccccc2-c2nn[nH]n2)cc1.[H-].[K+]. The van der Waals surface area contributed by atoms with Gasteiger partial charge in [-0.15, -0.1) is 10.2 Å². The zero-order chi connectivity index (χ0) is 26.5. The van der Waals surface area contributed by atoms with Crippen molar-refractivity contribution < 1.29 is 57.2 Å². The Morgan fingerprint density at radius 2 is 1.87 bits per heavy atom. The van der Waals surface area contributed by atoms with Crippen molar-refractivity contribution in [3.63, 3.8) is 0 Å². The van der Waals surface area contributed by atoms with Crippen molar-refractivity contribution in [1.29, 1.82) is 5.26 Å². The summed E-state index contributed by atoms with van der Waals surface area (Å²) in [6.07, 6.45) is 4.63. The smallest absolute Gasteiger partial charge is 1.00 e. The summed E-state index contributed by atoms with van der Waals surface area (Å²) in [7, 11) is 0.